The molecule has 1 N–H and O–H groups in total. The predicted octanol–water partition coefficient (Wildman–Crippen LogP) is 3.97. The lowest BCUT2D eigenvalue weighted by Gasteiger charge is -2.11. The van der Waals surface area contributed by atoms with E-state index in [1.54, 1.807) is 50.2 Å². The maximum atomic E-state index is 12.6. The van der Waals surface area contributed by atoms with E-state index in [1.807, 2.05) is 0 Å². The molecule has 0 aliphatic rings. The zero-order valence-electron chi connectivity index (χ0n) is 17.6. The number of aryl methyl sites for hydroxylation is 1. The summed E-state index contributed by atoms with van der Waals surface area (Å²) in [6, 6.07) is 11.0. The highest BCUT2D eigenvalue weighted by atomic mass is 35.5. The minimum Gasteiger partial charge on any atom is -0.491 e. The number of amides is 1. The third-order valence-corrected chi connectivity index (χ3v) is 4.70. The molecule has 1 heterocycles. The van der Waals surface area contributed by atoms with Gasteiger partial charge in [-0.1, -0.05) is 17.7 Å². The van der Waals surface area contributed by atoms with Gasteiger partial charge in [-0.25, -0.2) is 4.79 Å². The van der Waals surface area contributed by atoms with Crippen LogP contribution in [0.3, 0.4) is 0 Å². The van der Waals surface area contributed by atoms with Crippen molar-refractivity contribution < 1.29 is 28.2 Å². The fourth-order valence-electron chi connectivity index (χ4n) is 2.88. The summed E-state index contributed by atoms with van der Waals surface area (Å²) < 4.78 is 21.1. The van der Waals surface area contributed by atoms with Crippen LogP contribution in [0.2, 0.25) is 5.02 Å². The Bertz CT molecular complexity index is 1190. The molecule has 8 nitrogen and oxygen atoms in total. The molecule has 2 aromatic carbocycles. The van der Waals surface area contributed by atoms with Crippen LogP contribution in [0.5, 0.6) is 5.75 Å². The van der Waals surface area contributed by atoms with Crippen LogP contribution in [-0.4, -0.2) is 38.3 Å². The molecule has 0 spiro atoms. The van der Waals surface area contributed by atoms with Crippen molar-refractivity contribution in [2.75, 3.05) is 31.7 Å². The molecule has 3 aromatic rings. The number of halogens is 1. The minimum absolute atomic E-state index is 0.128. The van der Waals surface area contributed by atoms with Crippen molar-refractivity contribution in [3.05, 3.63) is 69.0 Å². The van der Waals surface area contributed by atoms with Crippen molar-refractivity contribution in [3.8, 4) is 5.75 Å². The van der Waals surface area contributed by atoms with E-state index in [9.17, 15) is 14.4 Å². The van der Waals surface area contributed by atoms with E-state index in [0.717, 1.165) is 11.6 Å². The summed E-state index contributed by atoms with van der Waals surface area (Å²) in [5, 5.41) is 3.27. The van der Waals surface area contributed by atoms with Crippen LogP contribution in [0.4, 0.5) is 5.69 Å². The number of fused-ring (bicyclic) bond motifs is 1. The topological polar surface area (TPSA) is 104 Å². The number of hydrogen-bond acceptors (Lipinski definition) is 7. The average molecular weight is 460 g/mol. The zero-order valence-corrected chi connectivity index (χ0v) is 18.4. The van der Waals surface area contributed by atoms with E-state index in [4.69, 9.17) is 30.2 Å². The highest BCUT2D eigenvalue weighted by Gasteiger charge is 2.15. The Morgan fingerprint density at radius 2 is 1.94 bits per heavy atom. The first-order valence-electron chi connectivity index (χ1n) is 9.89. The number of rotatable bonds is 9. The van der Waals surface area contributed by atoms with E-state index in [1.165, 1.54) is 0 Å². The van der Waals surface area contributed by atoms with Gasteiger partial charge in [-0.05, 0) is 49.7 Å². The summed E-state index contributed by atoms with van der Waals surface area (Å²) in [6.45, 7) is 4.17. The molecule has 32 heavy (non-hydrogen) atoms. The number of hydrogen-bond donors (Lipinski definition) is 1. The molecule has 1 aromatic heterocycles. The van der Waals surface area contributed by atoms with E-state index < -0.39 is 11.9 Å². The van der Waals surface area contributed by atoms with Gasteiger partial charge in [0.2, 0.25) is 0 Å². The zero-order chi connectivity index (χ0) is 23.1. The van der Waals surface area contributed by atoms with Gasteiger partial charge in [-0.15, -0.1) is 0 Å². The van der Waals surface area contributed by atoms with Crippen LogP contribution < -0.4 is 15.5 Å². The first-order chi connectivity index (χ1) is 15.4. The molecule has 0 radical (unpaired) electrons. The molecule has 0 aliphatic heterocycles. The fourth-order valence-corrected chi connectivity index (χ4v) is 3.09. The van der Waals surface area contributed by atoms with Crippen LogP contribution in [0.25, 0.3) is 11.0 Å². The van der Waals surface area contributed by atoms with Crippen LogP contribution in [0, 0.1) is 6.92 Å². The molecule has 9 heteroatoms. The van der Waals surface area contributed by atoms with Crippen molar-refractivity contribution in [3.63, 3.8) is 0 Å². The largest absolute Gasteiger partial charge is 0.491 e. The van der Waals surface area contributed by atoms with Gasteiger partial charge in [0, 0.05) is 11.8 Å². The van der Waals surface area contributed by atoms with Crippen LogP contribution >= 0.6 is 11.6 Å². The van der Waals surface area contributed by atoms with Gasteiger partial charge in [0.05, 0.1) is 23.6 Å². The quantitative estimate of drug-likeness (QED) is 0.381. The lowest BCUT2D eigenvalue weighted by Crippen LogP contribution is -2.16. The molecule has 0 bridgehead atoms. The lowest BCUT2D eigenvalue weighted by atomic mass is 10.2. The second-order valence-electron chi connectivity index (χ2n) is 6.73. The molecule has 0 saturated heterocycles. The standard InChI is InChI=1S/C23H22ClNO7/c1-3-30-21(27)13-29-9-10-31-15-7-8-18(14(2)11-15)25-23(28)20-12-19(26)16-5-4-6-17(24)22(16)32-20/h4-8,11-12H,3,9-10,13H2,1-2H3,(H,25,28). The van der Waals surface area contributed by atoms with E-state index in [2.05, 4.69) is 5.32 Å². The van der Waals surface area contributed by atoms with Gasteiger partial charge in [-0.3, -0.25) is 9.59 Å². The highest BCUT2D eigenvalue weighted by Crippen LogP contribution is 2.24. The highest BCUT2D eigenvalue weighted by molar-refractivity contribution is 6.34. The molecule has 0 unspecified atom stereocenters. The minimum atomic E-state index is -0.576. The Morgan fingerprint density at radius 3 is 2.69 bits per heavy atom. The first-order valence-corrected chi connectivity index (χ1v) is 10.3. The van der Waals surface area contributed by atoms with E-state index in [-0.39, 0.29) is 41.6 Å². The smallest absolute Gasteiger partial charge is 0.332 e. The number of esters is 1. The molecule has 0 atom stereocenters. The third kappa shape index (κ3) is 5.87. The van der Waals surface area contributed by atoms with Gasteiger partial charge >= 0.3 is 5.97 Å². The van der Waals surface area contributed by atoms with Crippen molar-refractivity contribution in [2.45, 2.75) is 13.8 Å². The Kier molecular flexibility index (Phi) is 7.86. The Hall–Kier alpha value is -3.36. The number of ether oxygens (including phenoxy) is 3. The number of benzene rings is 2. The number of carbonyl (C=O) groups excluding carboxylic acids is 2. The summed E-state index contributed by atoms with van der Waals surface area (Å²) in [5.41, 5.74) is 1.08. The van der Waals surface area contributed by atoms with Crippen LogP contribution in [-0.2, 0) is 14.3 Å². The normalized spacial score (nSPS) is 10.7. The Morgan fingerprint density at radius 1 is 1.12 bits per heavy atom. The van der Waals surface area contributed by atoms with E-state index in [0.29, 0.717) is 23.4 Å². The van der Waals surface area contributed by atoms with Crippen molar-refractivity contribution in [1.29, 1.82) is 0 Å². The molecule has 168 valence electrons. The summed E-state index contributed by atoms with van der Waals surface area (Å²) in [6.07, 6.45) is 0. The molecular weight excluding hydrogens is 438 g/mol. The number of anilines is 1. The fraction of sp³-hybridized carbons (Fsp3) is 0.261. The number of nitrogens with one attached hydrogen (secondary N) is 1. The maximum absolute atomic E-state index is 12.6. The van der Waals surface area contributed by atoms with Gasteiger partial charge in [0.1, 0.15) is 19.0 Å². The molecule has 3 rings (SSSR count). The summed E-state index contributed by atoms with van der Waals surface area (Å²) in [4.78, 5) is 36.1. The second-order valence-corrected chi connectivity index (χ2v) is 7.14. The van der Waals surface area contributed by atoms with Crippen molar-refractivity contribution in [1.82, 2.24) is 0 Å². The molecule has 0 fully saturated rings. The molecule has 0 aliphatic carbocycles. The molecule has 0 saturated carbocycles. The summed E-state index contributed by atoms with van der Waals surface area (Å²) >= 11 is 6.09. The summed E-state index contributed by atoms with van der Waals surface area (Å²) in [7, 11) is 0. The van der Waals surface area contributed by atoms with Gasteiger partial charge in [-0.2, -0.15) is 0 Å². The summed E-state index contributed by atoms with van der Waals surface area (Å²) in [5.74, 6) is -0.570. The number of para-hydroxylation sites is 1. The Balaban J connectivity index is 1.60. The SMILES string of the molecule is CCOC(=O)COCCOc1ccc(NC(=O)c2cc(=O)c3cccc(Cl)c3o2)c(C)c1. The first kappa shape index (κ1) is 23.3. The monoisotopic (exact) mass is 459 g/mol. The molecular formula is C23H22ClNO7. The lowest BCUT2D eigenvalue weighted by molar-refractivity contribution is -0.148. The second kappa shape index (κ2) is 10.8. The Labute approximate surface area is 189 Å². The predicted molar refractivity (Wildman–Crippen MR) is 120 cm³/mol. The van der Waals surface area contributed by atoms with Crippen molar-refractivity contribution in [2.24, 2.45) is 0 Å². The van der Waals surface area contributed by atoms with Gasteiger partial charge in [0.25, 0.3) is 5.91 Å². The van der Waals surface area contributed by atoms with Crippen LogP contribution in [0.15, 0.2) is 51.7 Å². The number of carbonyl (C=O) groups is 2. The van der Waals surface area contributed by atoms with Crippen molar-refractivity contribution >= 4 is 40.1 Å². The van der Waals surface area contributed by atoms with Crippen LogP contribution in [0.1, 0.15) is 23.0 Å². The average Bonchev–Trinajstić information content (AvgIpc) is 2.76. The maximum Gasteiger partial charge on any atom is 0.332 e. The van der Waals surface area contributed by atoms with Gasteiger partial charge in [0.15, 0.2) is 16.8 Å². The van der Waals surface area contributed by atoms with E-state index >= 15 is 0 Å². The van der Waals surface area contributed by atoms with Gasteiger partial charge < -0.3 is 23.9 Å². The molecule has 1 amide bonds. The third-order valence-electron chi connectivity index (χ3n) is 4.40.